The average molecular weight is 258 g/mol. The van der Waals surface area contributed by atoms with E-state index in [1.54, 1.807) is 6.92 Å². The Labute approximate surface area is 110 Å². The van der Waals surface area contributed by atoms with Crippen LogP contribution in [0.2, 0.25) is 0 Å². The first-order chi connectivity index (χ1) is 9.15. The number of nitrogens with zero attached hydrogens (tertiary/aromatic N) is 1. The lowest BCUT2D eigenvalue weighted by Gasteiger charge is -2.18. The fourth-order valence-corrected chi connectivity index (χ4v) is 1.97. The van der Waals surface area contributed by atoms with Gasteiger partial charge in [-0.15, -0.1) is 0 Å². The molecule has 2 aromatic rings. The fourth-order valence-electron chi connectivity index (χ4n) is 1.97. The molecule has 0 aliphatic carbocycles. The molecular weight excluding hydrogens is 244 g/mol. The van der Waals surface area contributed by atoms with Gasteiger partial charge in [0.25, 0.3) is 5.56 Å². The normalized spacial score (nSPS) is 13.4. The minimum absolute atomic E-state index is 0.114. The molecule has 3 rings (SSSR count). The first-order valence-electron chi connectivity index (χ1n) is 6.12. The summed E-state index contributed by atoms with van der Waals surface area (Å²) in [6, 6.07) is 5.53. The van der Waals surface area contributed by atoms with Gasteiger partial charge < -0.3 is 14.5 Å². The third-order valence-electron chi connectivity index (χ3n) is 3.21. The van der Waals surface area contributed by atoms with Gasteiger partial charge in [-0.1, -0.05) is 0 Å². The Morgan fingerprint density at radius 3 is 2.63 bits per heavy atom. The van der Waals surface area contributed by atoms with E-state index >= 15 is 0 Å². The van der Waals surface area contributed by atoms with Gasteiger partial charge in [-0.25, -0.2) is 4.98 Å². The summed E-state index contributed by atoms with van der Waals surface area (Å²) in [6.45, 7) is 4.68. The lowest BCUT2D eigenvalue weighted by molar-refractivity contribution is 0.171. The van der Waals surface area contributed by atoms with Crippen LogP contribution in [-0.2, 0) is 0 Å². The average Bonchev–Trinajstić information content (AvgIpc) is 2.43. The third kappa shape index (κ3) is 2.07. The van der Waals surface area contributed by atoms with Crippen LogP contribution in [-0.4, -0.2) is 23.2 Å². The molecule has 0 bridgehead atoms. The molecule has 1 N–H and O–H groups in total. The van der Waals surface area contributed by atoms with E-state index in [0.29, 0.717) is 30.4 Å². The lowest BCUT2D eigenvalue weighted by Crippen LogP contribution is -2.16. The first kappa shape index (κ1) is 11.8. The van der Waals surface area contributed by atoms with Crippen LogP contribution in [0.5, 0.6) is 11.5 Å². The van der Waals surface area contributed by atoms with E-state index in [4.69, 9.17) is 9.47 Å². The Morgan fingerprint density at radius 2 is 1.89 bits per heavy atom. The number of hydrogen-bond donors (Lipinski definition) is 1. The van der Waals surface area contributed by atoms with Gasteiger partial charge in [0.15, 0.2) is 11.5 Å². The molecule has 5 nitrogen and oxygen atoms in total. The van der Waals surface area contributed by atoms with Crippen LogP contribution in [0.1, 0.15) is 11.3 Å². The van der Waals surface area contributed by atoms with Crippen LogP contribution >= 0.6 is 0 Å². The highest BCUT2D eigenvalue weighted by molar-refractivity contribution is 5.61. The van der Waals surface area contributed by atoms with Gasteiger partial charge in [0.2, 0.25) is 0 Å². The van der Waals surface area contributed by atoms with Crippen LogP contribution in [0, 0.1) is 13.8 Å². The number of nitrogens with one attached hydrogen (secondary N) is 1. The molecule has 0 saturated heterocycles. The second-order valence-electron chi connectivity index (χ2n) is 4.48. The number of aryl methyl sites for hydroxylation is 1. The van der Waals surface area contributed by atoms with Crippen molar-refractivity contribution in [2.45, 2.75) is 13.8 Å². The summed E-state index contributed by atoms with van der Waals surface area (Å²) in [5.74, 6) is 1.95. The van der Waals surface area contributed by atoms with Crippen molar-refractivity contribution in [3.8, 4) is 22.9 Å². The van der Waals surface area contributed by atoms with Crippen molar-refractivity contribution in [1.82, 2.24) is 9.97 Å². The molecule has 1 aliphatic heterocycles. The third-order valence-corrected chi connectivity index (χ3v) is 3.21. The zero-order valence-electron chi connectivity index (χ0n) is 10.8. The molecule has 0 radical (unpaired) electrons. The molecule has 19 heavy (non-hydrogen) atoms. The molecule has 0 unspecified atom stereocenters. The number of rotatable bonds is 1. The van der Waals surface area contributed by atoms with E-state index in [-0.39, 0.29) is 5.56 Å². The Morgan fingerprint density at radius 1 is 1.16 bits per heavy atom. The van der Waals surface area contributed by atoms with Crippen LogP contribution in [0.4, 0.5) is 0 Å². The van der Waals surface area contributed by atoms with E-state index in [1.165, 1.54) is 0 Å². The highest BCUT2D eigenvalue weighted by atomic mass is 16.6. The first-order valence-corrected chi connectivity index (χ1v) is 6.12. The van der Waals surface area contributed by atoms with E-state index < -0.39 is 0 Å². The van der Waals surface area contributed by atoms with Crippen molar-refractivity contribution >= 4 is 0 Å². The number of aromatic nitrogens is 2. The quantitative estimate of drug-likeness (QED) is 0.847. The summed E-state index contributed by atoms with van der Waals surface area (Å²) < 4.78 is 11.0. The van der Waals surface area contributed by atoms with Crippen LogP contribution < -0.4 is 15.0 Å². The van der Waals surface area contributed by atoms with Gasteiger partial charge in [0.05, 0.1) is 0 Å². The monoisotopic (exact) mass is 258 g/mol. The molecule has 2 heterocycles. The van der Waals surface area contributed by atoms with Crippen molar-refractivity contribution < 1.29 is 9.47 Å². The molecule has 0 saturated carbocycles. The van der Waals surface area contributed by atoms with E-state index in [1.807, 2.05) is 25.1 Å². The van der Waals surface area contributed by atoms with Crippen LogP contribution in [0.25, 0.3) is 11.4 Å². The standard InChI is InChI=1S/C14H14N2O3/c1-8-9(2)15-13(16-14(8)17)10-3-4-11-12(7-10)19-6-5-18-11/h3-4,7H,5-6H2,1-2H3,(H,15,16,17). The minimum Gasteiger partial charge on any atom is -0.486 e. The maximum atomic E-state index is 11.8. The van der Waals surface area contributed by atoms with E-state index in [9.17, 15) is 4.79 Å². The molecular formula is C14H14N2O3. The highest BCUT2D eigenvalue weighted by Crippen LogP contribution is 2.33. The van der Waals surface area contributed by atoms with Crippen LogP contribution in [0.3, 0.4) is 0 Å². The molecule has 5 heteroatoms. The Bertz CT molecular complexity index is 692. The van der Waals surface area contributed by atoms with Gasteiger partial charge in [-0.05, 0) is 32.0 Å². The number of aromatic amines is 1. The van der Waals surface area contributed by atoms with Crippen molar-refractivity contribution in [3.05, 3.63) is 39.8 Å². The van der Waals surface area contributed by atoms with Gasteiger partial charge in [0, 0.05) is 16.8 Å². The maximum Gasteiger partial charge on any atom is 0.254 e. The zero-order chi connectivity index (χ0) is 13.4. The molecule has 0 fully saturated rings. The number of fused-ring (bicyclic) bond motifs is 1. The van der Waals surface area contributed by atoms with Gasteiger partial charge in [-0.2, -0.15) is 0 Å². The van der Waals surface area contributed by atoms with Crippen molar-refractivity contribution in [2.75, 3.05) is 13.2 Å². The number of ether oxygens (including phenoxy) is 2. The van der Waals surface area contributed by atoms with Crippen LogP contribution in [0.15, 0.2) is 23.0 Å². The number of H-pyrrole nitrogens is 1. The second-order valence-corrected chi connectivity index (χ2v) is 4.48. The predicted molar refractivity (Wildman–Crippen MR) is 70.8 cm³/mol. The Balaban J connectivity index is 2.09. The smallest absolute Gasteiger partial charge is 0.254 e. The van der Waals surface area contributed by atoms with E-state index in [2.05, 4.69) is 9.97 Å². The Kier molecular flexibility index (Phi) is 2.74. The summed E-state index contributed by atoms with van der Waals surface area (Å²) in [6.07, 6.45) is 0. The topological polar surface area (TPSA) is 64.2 Å². The molecule has 0 spiro atoms. The maximum absolute atomic E-state index is 11.8. The summed E-state index contributed by atoms with van der Waals surface area (Å²) in [5, 5.41) is 0. The van der Waals surface area contributed by atoms with E-state index in [0.717, 1.165) is 17.0 Å². The summed E-state index contributed by atoms with van der Waals surface area (Å²) >= 11 is 0. The zero-order valence-corrected chi connectivity index (χ0v) is 10.8. The SMILES string of the molecule is Cc1nc(-c2ccc3c(c2)OCCO3)[nH]c(=O)c1C. The lowest BCUT2D eigenvalue weighted by atomic mass is 10.1. The van der Waals surface area contributed by atoms with Crippen molar-refractivity contribution in [1.29, 1.82) is 0 Å². The largest absolute Gasteiger partial charge is 0.486 e. The molecule has 1 aromatic heterocycles. The predicted octanol–water partition coefficient (Wildman–Crippen LogP) is 1.82. The Hall–Kier alpha value is -2.30. The summed E-state index contributed by atoms with van der Waals surface area (Å²) in [7, 11) is 0. The summed E-state index contributed by atoms with van der Waals surface area (Å²) in [5.41, 5.74) is 2.07. The van der Waals surface area contributed by atoms with Gasteiger partial charge >= 0.3 is 0 Å². The van der Waals surface area contributed by atoms with Gasteiger partial charge in [0.1, 0.15) is 19.0 Å². The number of benzene rings is 1. The molecule has 0 amide bonds. The molecule has 98 valence electrons. The molecule has 0 atom stereocenters. The van der Waals surface area contributed by atoms with Gasteiger partial charge in [-0.3, -0.25) is 4.79 Å². The molecule has 1 aromatic carbocycles. The summed E-state index contributed by atoms with van der Waals surface area (Å²) in [4.78, 5) is 18.9. The fraction of sp³-hybridized carbons (Fsp3) is 0.286. The number of hydrogen-bond acceptors (Lipinski definition) is 4. The minimum atomic E-state index is -0.114. The second kappa shape index (κ2) is 4.42. The van der Waals surface area contributed by atoms with Crippen molar-refractivity contribution in [2.24, 2.45) is 0 Å². The molecule has 1 aliphatic rings. The van der Waals surface area contributed by atoms with Crippen molar-refractivity contribution in [3.63, 3.8) is 0 Å². The highest BCUT2D eigenvalue weighted by Gasteiger charge is 2.14.